The summed E-state index contributed by atoms with van der Waals surface area (Å²) in [5.74, 6) is 0.895. The van der Waals surface area contributed by atoms with E-state index >= 15 is 0 Å². The Balaban J connectivity index is 1.80. The number of carbonyl (C=O) groups is 1. The van der Waals surface area contributed by atoms with Crippen LogP contribution in [0.1, 0.15) is 0 Å². The standard InChI is InChI=1S/C22H21ClN2O5S/c1-29-20-13-12-16(14-18(20)23)25(31(2,27)28)15-22(26)24-19-10-6-7-11-21(19)30-17-8-4-3-5-9-17/h3-14H,15H2,1-2H3,(H,24,26). The molecule has 0 saturated carbocycles. The number of halogens is 1. The second kappa shape index (κ2) is 9.72. The van der Waals surface area contributed by atoms with Crippen molar-refractivity contribution in [2.45, 2.75) is 0 Å². The molecule has 0 aliphatic rings. The number of para-hydroxylation sites is 3. The molecule has 1 N–H and O–H groups in total. The van der Waals surface area contributed by atoms with E-state index in [1.165, 1.54) is 25.3 Å². The molecule has 9 heteroatoms. The maximum atomic E-state index is 12.7. The van der Waals surface area contributed by atoms with Gasteiger partial charge < -0.3 is 14.8 Å². The van der Waals surface area contributed by atoms with Gasteiger partial charge in [-0.2, -0.15) is 0 Å². The fourth-order valence-corrected chi connectivity index (χ4v) is 3.91. The molecule has 3 aromatic carbocycles. The van der Waals surface area contributed by atoms with Crippen LogP contribution >= 0.6 is 11.6 Å². The number of hydrogen-bond donors (Lipinski definition) is 1. The van der Waals surface area contributed by atoms with Gasteiger partial charge in [0.05, 0.1) is 29.8 Å². The van der Waals surface area contributed by atoms with Gasteiger partial charge in [-0.25, -0.2) is 8.42 Å². The van der Waals surface area contributed by atoms with E-state index in [1.807, 2.05) is 18.2 Å². The molecule has 0 heterocycles. The van der Waals surface area contributed by atoms with Crippen LogP contribution < -0.4 is 19.1 Å². The number of nitrogens with one attached hydrogen (secondary N) is 1. The van der Waals surface area contributed by atoms with Gasteiger partial charge in [-0.15, -0.1) is 0 Å². The smallest absolute Gasteiger partial charge is 0.245 e. The molecule has 0 fully saturated rings. The van der Waals surface area contributed by atoms with Crippen molar-refractivity contribution in [2.75, 3.05) is 29.5 Å². The molecule has 1 amide bonds. The first-order chi connectivity index (χ1) is 14.8. The fourth-order valence-electron chi connectivity index (χ4n) is 2.81. The van der Waals surface area contributed by atoms with Crippen LogP contribution in [0.15, 0.2) is 72.8 Å². The van der Waals surface area contributed by atoms with Crippen LogP contribution in [-0.4, -0.2) is 34.2 Å². The third-order valence-electron chi connectivity index (χ3n) is 4.24. The highest BCUT2D eigenvalue weighted by Crippen LogP contribution is 2.31. The summed E-state index contributed by atoms with van der Waals surface area (Å²) in [6, 6.07) is 20.5. The molecule has 0 atom stereocenters. The van der Waals surface area contributed by atoms with Gasteiger partial charge in [-0.3, -0.25) is 9.10 Å². The Morgan fingerprint density at radius 1 is 1.00 bits per heavy atom. The van der Waals surface area contributed by atoms with Crippen molar-refractivity contribution in [1.82, 2.24) is 0 Å². The molecule has 0 aliphatic carbocycles. The SMILES string of the molecule is COc1ccc(N(CC(=O)Nc2ccccc2Oc2ccccc2)S(C)(=O)=O)cc1Cl. The molecule has 0 bridgehead atoms. The lowest BCUT2D eigenvalue weighted by Gasteiger charge is -2.22. The molecule has 7 nitrogen and oxygen atoms in total. The predicted octanol–water partition coefficient (Wildman–Crippen LogP) is 4.55. The number of ether oxygens (including phenoxy) is 2. The average molecular weight is 461 g/mol. The molecule has 162 valence electrons. The van der Waals surface area contributed by atoms with Crippen LogP contribution in [0.5, 0.6) is 17.2 Å². The number of nitrogens with zero attached hydrogens (tertiary/aromatic N) is 1. The number of sulfonamides is 1. The summed E-state index contributed by atoms with van der Waals surface area (Å²) in [5, 5.41) is 2.94. The van der Waals surface area contributed by atoms with Crippen LogP contribution in [0.25, 0.3) is 0 Å². The Kier molecular flexibility index (Phi) is 7.04. The first-order valence-corrected chi connectivity index (χ1v) is 11.4. The summed E-state index contributed by atoms with van der Waals surface area (Å²) in [6.07, 6.45) is 1.02. The molecule has 0 spiro atoms. The lowest BCUT2D eigenvalue weighted by molar-refractivity contribution is -0.114. The molecule has 3 aromatic rings. The third-order valence-corrected chi connectivity index (χ3v) is 5.68. The van der Waals surface area contributed by atoms with E-state index in [1.54, 1.807) is 36.4 Å². The van der Waals surface area contributed by atoms with Gasteiger partial charge in [-0.05, 0) is 42.5 Å². The highest BCUT2D eigenvalue weighted by molar-refractivity contribution is 7.92. The highest BCUT2D eigenvalue weighted by Gasteiger charge is 2.22. The lowest BCUT2D eigenvalue weighted by Crippen LogP contribution is -2.37. The van der Waals surface area contributed by atoms with Crippen LogP contribution in [0.3, 0.4) is 0 Å². The number of rotatable bonds is 8. The second-order valence-corrected chi connectivity index (χ2v) is 8.86. The Morgan fingerprint density at radius 2 is 1.68 bits per heavy atom. The maximum Gasteiger partial charge on any atom is 0.245 e. The van der Waals surface area contributed by atoms with Crippen molar-refractivity contribution in [3.63, 3.8) is 0 Å². The summed E-state index contributed by atoms with van der Waals surface area (Å²) in [5.41, 5.74) is 0.662. The molecule has 0 aromatic heterocycles. The van der Waals surface area contributed by atoms with Crippen LogP contribution in [0.4, 0.5) is 11.4 Å². The quantitative estimate of drug-likeness (QED) is 0.533. The topological polar surface area (TPSA) is 84.9 Å². The molecule has 0 saturated heterocycles. The van der Waals surface area contributed by atoms with Gasteiger partial charge in [0.25, 0.3) is 0 Å². The number of anilines is 2. The minimum Gasteiger partial charge on any atom is -0.495 e. The Labute approximate surface area is 186 Å². The monoisotopic (exact) mass is 460 g/mol. The van der Waals surface area contributed by atoms with E-state index in [0.717, 1.165) is 10.6 Å². The van der Waals surface area contributed by atoms with Gasteiger partial charge in [0.1, 0.15) is 18.0 Å². The molecule has 0 radical (unpaired) electrons. The summed E-state index contributed by atoms with van der Waals surface area (Å²) in [7, 11) is -2.30. The van der Waals surface area contributed by atoms with Crippen LogP contribution in [-0.2, 0) is 14.8 Å². The number of carbonyl (C=O) groups excluding carboxylic acids is 1. The van der Waals surface area contributed by atoms with E-state index in [0.29, 0.717) is 22.9 Å². The zero-order valence-corrected chi connectivity index (χ0v) is 18.5. The molecule has 31 heavy (non-hydrogen) atoms. The van der Waals surface area contributed by atoms with E-state index < -0.39 is 22.5 Å². The first-order valence-electron chi connectivity index (χ1n) is 9.21. The van der Waals surface area contributed by atoms with E-state index in [2.05, 4.69) is 5.32 Å². The van der Waals surface area contributed by atoms with Crippen molar-refractivity contribution in [2.24, 2.45) is 0 Å². The van der Waals surface area contributed by atoms with Gasteiger partial charge in [0.15, 0.2) is 5.75 Å². The largest absolute Gasteiger partial charge is 0.495 e. The highest BCUT2D eigenvalue weighted by atomic mass is 35.5. The van der Waals surface area contributed by atoms with Gasteiger partial charge in [0, 0.05) is 0 Å². The van der Waals surface area contributed by atoms with Gasteiger partial charge in [0.2, 0.25) is 15.9 Å². The normalized spacial score (nSPS) is 10.9. The molecule has 0 aliphatic heterocycles. The number of hydrogen-bond acceptors (Lipinski definition) is 5. The summed E-state index contributed by atoms with van der Waals surface area (Å²) >= 11 is 6.12. The first kappa shape index (κ1) is 22.5. The Bertz CT molecular complexity index is 1170. The zero-order valence-electron chi connectivity index (χ0n) is 16.9. The van der Waals surface area contributed by atoms with E-state index in [-0.39, 0.29) is 10.7 Å². The summed E-state index contributed by atoms with van der Waals surface area (Å²) < 4.78 is 36.6. The number of amides is 1. The van der Waals surface area contributed by atoms with Crippen LogP contribution in [0, 0.1) is 0 Å². The van der Waals surface area contributed by atoms with Gasteiger partial charge in [-0.1, -0.05) is 41.9 Å². The number of methoxy groups -OCH3 is 1. The Hall–Kier alpha value is -3.23. The molecule has 3 rings (SSSR count). The summed E-state index contributed by atoms with van der Waals surface area (Å²) in [4.78, 5) is 12.7. The lowest BCUT2D eigenvalue weighted by atomic mass is 10.2. The molecular weight excluding hydrogens is 440 g/mol. The maximum absolute atomic E-state index is 12.7. The minimum absolute atomic E-state index is 0.232. The van der Waals surface area contributed by atoms with Crippen molar-refractivity contribution < 1.29 is 22.7 Å². The van der Waals surface area contributed by atoms with E-state index in [4.69, 9.17) is 21.1 Å². The van der Waals surface area contributed by atoms with Crippen LogP contribution in [0.2, 0.25) is 5.02 Å². The molecule has 0 unspecified atom stereocenters. The van der Waals surface area contributed by atoms with Crippen molar-refractivity contribution >= 4 is 38.9 Å². The number of benzene rings is 3. The fraction of sp³-hybridized carbons (Fsp3) is 0.136. The predicted molar refractivity (Wildman–Crippen MR) is 122 cm³/mol. The minimum atomic E-state index is -3.76. The van der Waals surface area contributed by atoms with Gasteiger partial charge >= 0.3 is 0 Å². The van der Waals surface area contributed by atoms with Crippen molar-refractivity contribution in [3.05, 3.63) is 77.8 Å². The molecular formula is C22H21ClN2O5S. The van der Waals surface area contributed by atoms with Crippen molar-refractivity contribution in [3.8, 4) is 17.2 Å². The third kappa shape index (κ3) is 5.90. The Morgan fingerprint density at radius 3 is 2.32 bits per heavy atom. The summed E-state index contributed by atoms with van der Waals surface area (Å²) in [6.45, 7) is -0.443. The van der Waals surface area contributed by atoms with Crippen molar-refractivity contribution in [1.29, 1.82) is 0 Å². The zero-order chi connectivity index (χ0) is 22.4. The second-order valence-electron chi connectivity index (χ2n) is 6.55. The van der Waals surface area contributed by atoms with E-state index in [9.17, 15) is 13.2 Å². The average Bonchev–Trinajstić information content (AvgIpc) is 2.73.